The number of hydrogen-bond acceptors (Lipinski definition) is 6. The summed E-state index contributed by atoms with van der Waals surface area (Å²) in [5.74, 6) is 3.20. The number of benzene rings is 4. The molecular formula is C40H44N8. The van der Waals surface area contributed by atoms with Crippen molar-refractivity contribution in [2.24, 2.45) is 0 Å². The van der Waals surface area contributed by atoms with E-state index < -0.39 is 0 Å². The second-order valence-corrected chi connectivity index (χ2v) is 12.7. The summed E-state index contributed by atoms with van der Waals surface area (Å²) < 4.78 is 3.86. The van der Waals surface area contributed by atoms with Crippen molar-refractivity contribution in [3.05, 3.63) is 121 Å². The van der Waals surface area contributed by atoms with E-state index in [4.69, 9.17) is 20.2 Å². The van der Waals surface area contributed by atoms with Crippen LogP contribution >= 0.6 is 0 Å². The van der Waals surface area contributed by atoms with E-state index in [0.29, 0.717) is 12.1 Å². The van der Waals surface area contributed by atoms with Crippen molar-refractivity contribution < 1.29 is 0 Å². The Labute approximate surface area is 283 Å². The SMILES string of the molecule is c1ccc(-c2nc(NC3CCCCC3)n(-c3ccccc3)n2)cc1.c1ccc(-c2nc(NC3CCCCC3)n(-c3ccccc3)n2)cc1. The highest BCUT2D eigenvalue weighted by Crippen LogP contribution is 2.27. The van der Waals surface area contributed by atoms with E-state index in [-0.39, 0.29) is 0 Å². The molecule has 0 aliphatic heterocycles. The van der Waals surface area contributed by atoms with E-state index >= 15 is 0 Å². The predicted molar refractivity (Wildman–Crippen MR) is 195 cm³/mol. The molecule has 0 spiro atoms. The summed E-state index contributed by atoms with van der Waals surface area (Å²) in [7, 11) is 0. The van der Waals surface area contributed by atoms with Crippen LogP contribution in [0.25, 0.3) is 34.2 Å². The van der Waals surface area contributed by atoms with Crippen LogP contribution in [0.3, 0.4) is 0 Å². The number of para-hydroxylation sites is 2. The van der Waals surface area contributed by atoms with Crippen molar-refractivity contribution in [1.29, 1.82) is 0 Å². The van der Waals surface area contributed by atoms with Gasteiger partial charge in [0, 0.05) is 23.2 Å². The average molecular weight is 637 g/mol. The molecule has 6 aromatic rings. The van der Waals surface area contributed by atoms with Gasteiger partial charge in [-0.15, -0.1) is 10.2 Å². The molecule has 2 saturated carbocycles. The minimum Gasteiger partial charge on any atom is -0.351 e. The van der Waals surface area contributed by atoms with Crippen LogP contribution in [-0.2, 0) is 0 Å². The van der Waals surface area contributed by atoms with Crippen LogP contribution in [0.5, 0.6) is 0 Å². The maximum absolute atomic E-state index is 4.79. The molecule has 0 atom stereocenters. The fraction of sp³-hybridized carbons (Fsp3) is 0.300. The van der Waals surface area contributed by atoms with Crippen LogP contribution in [-0.4, -0.2) is 41.6 Å². The number of rotatable bonds is 8. The topological polar surface area (TPSA) is 85.5 Å². The first-order valence-electron chi connectivity index (χ1n) is 17.5. The second kappa shape index (κ2) is 15.6. The average Bonchev–Trinajstić information content (AvgIpc) is 3.79. The molecule has 8 heteroatoms. The summed E-state index contributed by atoms with van der Waals surface area (Å²) in [5.41, 5.74) is 4.15. The fourth-order valence-electron chi connectivity index (χ4n) is 6.59. The number of aromatic nitrogens is 6. The normalized spacial score (nSPS) is 15.3. The maximum atomic E-state index is 4.79. The van der Waals surface area contributed by atoms with Gasteiger partial charge in [-0.05, 0) is 49.9 Å². The second-order valence-electron chi connectivity index (χ2n) is 12.7. The Bertz CT molecular complexity index is 1690. The third kappa shape index (κ3) is 7.82. The van der Waals surface area contributed by atoms with E-state index in [9.17, 15) is 0 Å². The van der Waals surface area contributed by atoms with Gasteiger partial charge in [0.2, 0.25) is 11.9 Å². The highest BCUT2D eigenvalue weighted by molar-refractivity contribution is 5.59. The fourth-order valence-corrected chi connectivity index (χ4v) is 6.59. The van der Waals surface area contributed by atoms with E-state index in [2.05, 4.69) is 59.2 Å². The van der Waals surface area contributed by atoms with Crippen LogP contribution in [0.1, 0.15) is 64.2 Å². The number of hydrogen-bond donors (Lipinski definition) is 2. The van der Waals surface area contributed by atoms with Gasteiger partial charge in [0.05, 0.1) is 11.4 Å². The van der Waals surface area contributed by atoms with Crippen LogP contribution in [0, 0.1) is 0 Å². The van der Waals surface area contributed by atoms with Crippen LogP contribution in [0.15, 0.2) is 121 Å². The van der Waals surface area contributed by atoms with Gasteiger partial charge in [-0.2, -0.15) is 19.3 Å². The third-order valence-corrected chi connectivity index (χ3v) is 9.16. The van der Waals surface area contributed by atoms with Crippen LogP contribution in [0.2, 0.25) is 0 Å². The molecule has 0 radical (unpaired) electrons. The minimum absolute atomic E-state index is 0.494. The lowest BCUT2D eigenvalue weighted by atomic mass is 9.96. The summed E-state index contributed by atoms with van der Waals surface area (Å²) in [5, 5.41) is 16.8. The Balaban J connectivity index is 0.000000152. The van der Waals surface area contributed by atoms with Gasteiger partial charge in [-0.25, -0.2) is 0 Å². The first-order chi connectivity index (χ1) is 23.8. The van der Waals surface area contributed by atoms with Gasteiger partial charge < -0.3 is 10.6 Å². The lowest BCUT2D eigenvalue weighted by Crippen LogP contribution is -2.24. The largest absolute Gasteiger partial charge is 0.351 e. The first-order valence-corrected chi connectivity index (χ1v) is 17.5. The standard InChI is InChI=1S/2C20H22N4/c2*1-4-10-16(11-5-1)19-22-20(21-17-12-6-2-7-13-17)24(23-19)18-14-8-3-9-15-18/h2*1,3-5,8-11,14-15,17H,2,6-7,12-13H2,(H,21,22,23). The van der Waals surface area contributed by atoms with E-state index in [1.54, 1.807) is 0 Å². The molecule has 0 unspecified atom stereocenters. The summed E-state index contributed by atoms with van der Waals surface area (Å²) in [6.45, 7) is 0. The molecule has 244 valence electrons. The summed E-state index contributed by atoms with van der Waals surface area (Å²) >= 11 is 0. The van der Waals surface area contributed by atoms with Crippen molar-refractivity contribution >= 4 is 11.9 Å². The van der Waals surface area contributed by atoms with Gasteiger partial charge in [-0.3, -0.25) is 0 Å². The molecule has 0 saturated heterocycles. The third-order valence-electron chi connectivity index (χ3n) is 9.16. The van der Waals surface area contributed by atoms with Crippen molar-refractivity contribution in [2.45, 2.75) is 76.3 Å². The Kier molecular flexibility index (Phi) is 10.2. The Morgan fingerprint density at radius 1 is 0.417 bits per heavy atom. The first kappa shape index (κ1) is 31.4. The van der Waals surface area contributed by atoms with Crippen molar-refractivity contribution in [2.75, 3.05) is 10.6 Å². The summed E-state index contributed by atoms with van der Waals surface area (Å²) in [6.07, 6.45) is 12.7. The zero-order valence-corrected chi connectivity index (χ0v) is 27.5. The van der Waals surface area contributed by atoms with Gasteiger partial charge >= 0.3 is 0 Å². The van der Waals surface area contributed by atoms with Crippen molar-refractivity contribution in [3.63, 3.8) is 0 Å². The minimum atomic E-state index is 0.494. The number of nitrogens with zero attached hydrogens (tertiary/aromatic N) is 6. The van der Waals surface area contributed by atoms with E-state index in [0.717, 1.165) is 46.0 Å². The highest BCUT2D eigenvalue weighted by Gasteiger charge is 2.20. The lowest BCUT2D eigenvalue weighted by molar-refractivity contribution is 0.460. The molecule has 2 aromatic heterocycles. The summed E-state index contributed by atoms with van der Waals surface area (Å²) in [6, 6.07) is 41.7. The van der Waals surface area contributed by atoms with Crippen molar-refractivity contribution in [3.8, 4) is 34.2 Å². The number of anilines is 2. The zero-order chi connectivity index (χ0) is 32.4. The number of nitrogens with one attached hydrogen (secondary N) is 2. The molecule has 4 aromatic carbocycles. The molecule has 2 aliphatic carbocycles. The maximum Gasteiger partial charge on any atom is 0.226 e. The molecule has 0 amide bonds. The Morgan fingerprint density at radius 3 is 1.10 bits per heavy atom. The molecule has 2 heterocycles. The van der Waals surface area contributed by atoms with Crippen molar-refractivity contribution in [1.82, 2.24) is 29.5 Å². The Morgan fingerprint density at radius 2 is 0.750 bits per heavy atom. The van der Waals surface area contributed by atoms with Crippen LogP contribution < -0.4 is 10.6 Å². The molecule has 48 heavy (non-hydrogen) atoms. The van der Waals surface area contributed by atoms with Gasteiger partial charge in [0.1, 0.15) is 0 Å². The molecule has 0 bridgehead atoms. The van der Waals surface area contributed by atoms with E-state index in [1.807, 2.05) is 82.2 Å². The van der Waals surface area contributed by atoms with Gasteiger partial charge in [0.15, 0.2) is 11.6 Å². The lowest BCUT2D eigenvalue weighted by Gasteiger charge is -2.23. The smallest absolute Gasteiger partial charge is 0.226 e. The van der Waals surface area contributed by atoms with Crippen LogP contribution in [0.4, 0.5) is 11.9 Å². The summed E-state index contributed by atoms with van der Waals surface area (Å²) in [4.78, 5) is 9.58. The highest BCUT2D eigenvalue weighted by atomic mass is 15.4. The predicted octanol–water partition coefficient (Wildman–Crippen LogP) is 9.36. The Hall–Kier alpha value is -5.24. The molecule has 2 fully saturated rings. The van der Waals surface area contributed by atoms with Gasteiger partial charge in [0.25, 0.3) is 0 Å². The van der Waals surface area contributed by atoms with E-state index in [1.165, 1.54) is 64.2 Å². The molecule has 2 N–H and O–H groups in total. The molecule has 8 rings (SSSR count). The van der Waals surface area contributed by atoms with Gasteiger partial charge in [-0.1, -0.05) is 136 Å². The zero-order valence-electron chi connectivity index (χ0n) is 27.5. The molecule has 2 aliphatic rings. The molecule has 8 nitrogen and oxygen atoms in total. The monoisotopic (exact) mass is 636 g/mol. The quantitative estimate of drug-likeness (QED) is 0.173. The molecular weight excluding hydrogens is 592 g/mol.